The molecular formula is C27H21N4O6PS. The number of thiazole rings is 1. The van der Waals surface area contributed by atoms with Crippen molar-refractivity contribution in [3.05, 3.63) is 125 Å². The SMILES string of the molecule is O=C(Nc1nc2ccccc2s1)NC(c1cccc([N+](=O)[O-])c1)P(=O)(Oc1ccccc1)Oc1ccccc1. The minimum atomic E-state index is -4.34. The maximum atomic E-state index is 14.6. The molecule has 1 atom stereocenters. The number of para-hydroxylation sites is 3. The van der Waals surface area contributed by atoms with Gasteiger partial charge in [0.05, 0.1) is 15.1 Å². The number of non-ortho nitro benzene ring substituents is 1. The zero-order valence-corrected chi connectivity index (χ0v) is 21.9. The maximum absolute atomic E-state index is 14.6. The normalized spacial score (nSPS) is 11.9. The Labute approximate surface area is 226 Å². The van der Waals surface area contributed by atoms with E-state index in [0.29, 0.717) is 10.6 Å². The van der Waals surface area contributed by atoms with E-state index in [1.807, 2.05) is 24.3 Å². The van der Waals surface area contributed by atoms with Gasteiger partial charge in [-0.1, -0.05) is 72.0 Å². The minimum absolute atomic E-state index is 0.152. The fraction of sp³-hybridized carbons (Fsp3) is 0.0370. The monoisotopic (exact) mass is 560 g/mol. The van der Waals surface area contributed by atoms with Crippen LogP contribution < -0.4 is 19.7 Å². The van der Waals surface area contributed by atoms with Crippen LogP contribution in [0.15, 0.2) is 109 Å². The van der Waals surface area contributed by atoms with Crippen molar-refractivity contribution in [2.45, 2.75) is 5.78 Å². The highest BCUT2D eigenvalue weighted by Crippen LogP contribution is 2.59. The molecule has 4 aromatic carbocycles. The summed E-state index contributed by atoms with van der Waals surface area (Å²) >= 11 is 1.26. The fourth-order valence-corrected chi connectivity index (χ4v) is 6.46. The van der Waals surface area contributed by atoms with Crippen LogP contribution in [0.3, 0.4) is 0 Å². The lowest BCUT2D eigenvalue weighted by Crippen LogP contribution is -2.34. The van der Waals surface area contributed by atoms with E-state index in [2.05, 4.69) is 15.6 Å². The Morgan fingerprint density at radius 2 is 1.49 bits per heavy atom. The lowest BCUT2D eigenvalue weighted by molar-refractivity contribution is -0.384. The molecule has 0 saturated carbocycles. The highest BCUT2D eigenvalue weighted by molar-refractivity contribution is 7.55. The Morgan fingerprint density at radius 1 is 0.872 bits per heavy atom. The van der Waals surface area contributed by atoms with Crippen LogP contribution in [0, 0.1) is 10.1 Å². The van der Waals surface area contributed by atoms with Crippen LogP contribution in [-0.4, -0.2) is 15.9 Å². The number of benzene rings is 4. The molecule has 1 unspecified atom stereocenters. The summed E-state index contributed by atoms with van der Waals surface area (Å²) in [6.45, 7) is 0. The average molecular weight is 561 g/mol. The van der Waals surface area contributed by atoms with Gasteiger partial charge < -0.3 is 14.4 Å². The van der Waals surface area contributed by atoms with Gasteiger partial charge in [0, 0.05) is 12.1 Å². The van der Waals surface area contributed by atoms with Gasteiger partial charge in [-0.05, 0) is 42.0 Å². The van der Waals surface area contributed by atoms with E-state index in [9.17, 15) is 19.5 Å². The topological polar surface area (TPSA) is 133 Å². The predicted molar refractivity (Wildman–Crippen MR) is 149 cm³/mol. The van der Waals surface area contributed by atoms with E-state index in [4.69, 9.17) is 9.05 Å². The van der Waals surface area contributed by atoms with E-state index in [1.54, 1.807) is 60.7 Å². The van der Waals surface area contributed by atoms with Gasteiger partial charge in [-0.2, -0.15) is 0 Å². The van der Waals surface area contributed by atoms with Crippen molar-refractivity contribution in [1.29, 1.82) is 0 Å². The number of carbonyl (C=O) groups is 1. The largest absolute Gasteiger partial charge is 0.457 e. The number of rotatable bonds is 9. The molecule has 5 rings (SSSR count). The van der Waals surface area contributed by atoms with E-state index in [-0.39, 0.29) is 22.7 Å². The quantitative estimate of drug-likeness (QED) is 0.109. The highest BCUT2D eigenvalue weighted by atomic mass is 32.1. The number of hydrogen-bond acceptors (Lipinski definition) is 8. The van der Waals surface area contributed by atoms with Crippen molar-refractivity contribution < 1.29 is 23.3 Å². The first-order chi connectivity index (χ1) is 18.9. The molecule has 2 N–H and O–H groups in total. The number of carbonyl (C=O) groups excluding carboxylic acids is 1. The number of aromatic nitrogens is 1. The van der Waals surface area contributed by atoms with E-state index >= 15 is 0 Å². The van der Waals surface area contributed by atoms with Crippen LogP contribution in [0.5, 0.6) is 11.5 Å². The Kier molecular flexibility index (Phi) is 7.53. The Bertz CT molecular complexity index is 1590. The average Bonchev–Trinajstić information content (AvgIpc) is 3.35. The van der Waals surface area contributed by atoms with Gasteiger partial charge in [-0.25, -0.2) is 14.3 Å². The molecule has 12 heteroatoms. The number of anilines is 1. The van der Waals surface area contributed by atoms with Gasteiger partial charge in [0.25, 0.3) is 5.69 Å². The summed E-state index contributed by atoms with van der Waals surface area (Å²) in [4.78, 5) is 28.6. The third-order valence-corrected chi connectivity index (χ3v) is 8.39. The summed E-state index contributed by atoms with van der Waals surface area (Å²) in [5.74, 6) is -0.992. The molecular weight excluding hydrogens is 539 g/mol. The summed E-state index contributed by atoms with van der Waals surface area (Å²) in [5, 5.41) is 17.2. The lowest BCUT2D eigenvalue weighted by Gasteiger charge is -2.28. The molecule has 196 valence electrons. The number of hydrogen-bond donors (Lipinski definition) is 2. The summed E-state index contributed by atoms with van der Waals surface area (Å²) in [5.41, 5.74) is 0.606. The van der Waals surface area contributed by atoms with Crippen molar-refractivity contribution in [2.75, 3.05) is 5.32 Å². The van der Waals surface area contributed by atoms with Crippen molar-refractivity contribution in [3.63, 3.8) is 0 Å². The fourth-order valence-electron chi connectivity index (χ4n) is 3.72. The zero-order chi connectivity index (χ0) is 27.2. The first-order valence-corrected chi connectivity index (χ1v) is 14.1. The van der Waals surface area contributed by atoms with Crippen LogP contribution in [0.25, 0.3) is 10.2 Å². The van der Waals surface area contributed by atoms with Crippen LogP contribution >= 0.6 is 18.9 Å². The second kappa shape index (κ2) is 11.3. The molecule has 5 aromatic rings. The number of nitro groups is 1. The molecule has 0 radical (unpaired) electrons. The molecule has 1 aromatic heterocycles. The number of amides is 2. The van der Waals surface area contributed by atoms with Gasteiger partial charge in [0.1, 0.15) is 11.5 Å². The summed E-state index contributed by atoms with van der Waals surface area (Å²) in [6, 6.07) is 28.7. The number of fused-ring (bicyclic) bond motifs is 1. The van der Waals surface area contributed by atoms with Crippen molar-refractivity contribution in [2.24, 2.45) is 0 Å². The molecule has 2 amide bonds. The van der Waals surface area contributed by atoms with Crippen LogP contribution in [0.1, 0.15) is 11.3 Å². The molecule has 39 heavy (non-hydrogen) atoms. The molecule has 10 nitrogen and oxygen atoms in total. The van der Waals surface area contributed by atoms with Gasteiger partial charge in [-0.3, -0.25) is 15.4 Å². The number of urea groups is 1. The number of nitrogens with zero attached hydrogens (tertiary/aromatic N) is 2. The van der Waals surface area contributed by atoms with E-state index in [0.717, 1.165) is 4.70 Å². The second-order valence-corrected chi connectivity index (χ2v) is 11.2. The molecule has 0 aliphatic carbocycles. The van der Waals surface area contributed by atoms with Gasteiger partial charge in [0.15, 0.2) is 10.9 Å². The van der Waals surface area contributed by atoms with E-state index < -0.39 is 24.3 Å². The van der Waals surface area contributed by atoms with E-state index in [1.165, 1.54) is 35.6 Å². The standard InChI is InChI=1S/C27H21N4O6PS/c32-26(30-27-28-23-16-7-8-17-24(23)39-27)29-25(19-10-9-11-20(18-19)31(33)34)38(35,36-21-12-3-1-4-13-21)37-22-14-5-2-6-15-22/h1-18,25H,(H2,28,29,30,32). The predicted octanol–water partition coefficient (Wildman–Crippen LogP) is 7.38. The van der Waals surface area contributed by atoms with Crippen LogP contribution in [-0.2, 0) is 4.57 Å². The van der Waals surface area contributed by atoms with Crippen molar-refractivity contribution in [1.82, 2.24) is 10.3 Å². The molecule has 0 bridgehead atoms. The van der Waals surface area contributed by atoms with Crippen LogP contribution in [0.4, 0.5) is 15.6 Å². The van der Waals surface area contributed by atoms with Crippen LogP contribution in [0.2, 0.25) is 0 Å². The molecule has 0 saturated heterocycles. The van der Waals surface area contributed by atoms with Gasteiger partial charge in [-0.15, -0.1) is 0 Å². The third kappa shape index (κ3) is 6.23. The van der Waals surface area contributed by atoms with Crippen molar-refractivity contribution in [3.8, 4) is 11.5 Å². The number of nitrogens with one attached hydrogen (secondary N) is 2. The molecule has 1 heterocycles. The Morgan fingerprint density at radius 3 is 2.10 bits per heavy atom. The third-order valence-electron chi connectivity index (χ3n) is 5.45. The van der Waals surface area contributed by atoms with Gasteiger partial charge in [0.2, 0.25) is 0 Å². The first-order valence-electron chi connectivity index (χ1n) is 11.7. The summed E-state index contributed by atoms with van der Waals surface area (Å²) in [7, 11) is -4.34. The smallest absolute Gasteiger partial charge is 0.414 e. The maximum Gasteiger partial charge on any atom is 0.457 e. The summed E-state index contributed by atoms with van der Waals surface area (Å²) in [6.07, 6.45) is 0. The van der Waals surface area contributed by atoms with Gasteiger partial charge >= 0.3 is 13.6 Å². The molecule has 0 fully saturated rings. The second-order valence-electron chi connectivity index (χ2n) is 8.19. The Balaban J connectivity index is 1.54. The lowest BCUT2D eigenvalue weighted by atomic mass is 10.2. The zero-order valence-electron chi connectivity index (χ0n) is 20.2. The van der Waals surface area contributed by atoms with Crippen molar-refractivity contribution >= 4 is 46.0 Å². The first kappa shape index (κ1) is 25.9. The minimum Gasteiger partial charge on any atom is -0.414 e. The molecule has 0 spiro atoms. The molecule has 0 aliphatic rings. The number of nitro benzene ring substituents is 1. The Hall–Kier alpha value is -4.73. The molecule has 0 aliphatic heterocycles. The highest BCUT2D eigenvalue weighted by Gasteiger charge is 2.42. The summed E-state index contributed by atoms with van der Waals surface area (Å²) < 4.78 is 27.3.